The molecule has 0 bridgehead atoms. The van der Waals surface area contributed by atoms with E-state index in [0.29, 0.717) is 26.8 Å². The molecule has 5 rings (SSSR count). The lowest BCUT2D eigenvalue weighted by Crippen LogP contribution is -2.74. The van der Waals surface area contributed by atoms with Gasteiger partial charge in [-0.15, -0.1) is 0 Å². The quantitative estimate of drug-likeness (QED) is 0.591. The largest absolute Gasteiger partial charge is 0.362 e. The van der Waals surface area contributed by atoms with Crippen molar-refractivity contribution >= 4 is 52.5 Å². The monoisotopic (exact) mass is 522 g/mol. The summed E-state index contributed by atoms with van der Waals surface area (Å²) in [7, 11) is 0. The molecule has 0 saturated carbocycles. The second-order valence-corrected chi connectivity index (χ2v) is 11.1. The highest BCUT2D eigenvalue weighted by Crippen LogP contribution is 2.42. The smallest absolute Gasteiger partial charge is 0.239 e. The Morgan fingerprint density at radius 1 is 1.18 bits per heavy atom. The van der Waals surface area contributed by atoms with E-state index >= 15 is 0 Å². The van der Waals surface area contributed by atoms with Crippen LogP contribution in [0, 0.1) is 12.3 Å². The minimum Gasteiger partial charge on any atom is -0.362 e. The fourth-order valence-electron chi connectivity index (χ4n) is 5.22. The van der Waals surface area contributed by atoms with E-state index in [1.807, 2.05) is 30.9 Å². The lowest BCUT2D eigenvalue weighted by Gasteiger charge is -2.60. The maximum atomic E-state index is 12.7. The molecule has 0 radical (unpaired) electrons. The lowest BCUT2D eigenvalue weighted by atomic mass is 9.72. The fraction of sp³-hybridized carbons (Fsp3) is 0.542. The van der Waals surface area contributed by atoms with Crippen molar-refractivity contribution in [3.05, 3.63) is 44.5 Å². The molecule has 3 aliphatic rings. The van der Waals surface area contributed by atoms with Gasteiger partial charge in [0.05, 0.1) is 17.8 Å². The molecule has 1 amide bonds. The van der Waals surface area contributed by atoms with Gasteiger partial charge in [0.1, 0.15) is 5.02 Å². The van der Waals surface area contributed by atoms with Gasteiger partial charge in [-0.1, -0.05) is 47.3 Å². The predicted molar refractivity (Wildman–Crippen MR) is 137 cm³/mol. The number of hydrogen-bond acceptors (Lipinski definition) is 6. The van der Waals surface area contributed by atoms with Gasteiger partial charge in [-0.05, 0) is 50.9 Å². The molecule has 7 nitrogen and oxygen atoms in total. The Bertz CT molecular complexity index is 1090. The highest BCUT2D eigenvalue weighted by Gasteiger charge is 2.54. The van der Waals surface area contributed by atoms with Crippen molar-refractivity contribution < 1.29 is 4.79 Å². The van der Waals surface area contributed by atoms with Crippen molar-refractivity contribution in [1.82, 2.24) is 20.2 Å². The van der Waals surface area contributed by atoms with E-state index in [-0.39, 0.29) is 23.4 Å². The van der Waals surface area contributed by atoms with Crippen LogP contribution in [0.3, 0.4) is 0 Å². The Kier molecular flexibility index (Phi) is 6.57. The van der Waals surface area contributed by atoms with Gasteiger partial charge in [0, 0.05) is 41.6 Å². The summed E-state index contributed by atoms with van der Waals surface area (Å²) < 4.78 is 0. The number of carbonyl (C=O) groups is 1. The van der Waals surface area contributed by atoms with Crippen LogP contribution in [0.1, 0.15) is 43.5 Å². The maximum absolute atomic E-state index is 12.7. The van der Waals surface area contributed by atoms with Crippen molar-refractivity contribution in [1.29, 1.82) is 0 Å². The topological polar surface area (TPSA) is 73.4 Å². The molecule has 3 saturated heterocycles. The van der Waals surface area contributed by atoms with Crippen molar-refractivity contribution in [2.24, 2.45) is 5.41 Å². The fourth-order valence-corrected chi connectivity index (χ4v) is 5.94. The third-order valence-corrected chi connectivity index (χ3v) is 8.11. The molecule has 2 N–H and O–H groups in total. The van der Waals surface area contributed by atoms with Crippen LogP contribution in [0.15, 0.2) is 18.2 Å². The van der Waals surface area contributed by atoms with Crippen molar-refractivity contribution in [3.8, 4) is 0 Å². The van der Waals surface area contributed by atoms with Gasteiger partial charge >= 0.3 is 0 Å². The summed E-state index contributed by atoms with van der Waals surface area (Å²) in [5.74, 6) is 1.49. The van der Waals surface area contributed by atoms with E-state index in [1.165, 1.54) is 0 Å². The first-order valence-corrected chi connectivity index (χ1v) is 12.9. The number of halogens is 3. The zero-order chi connectivity index (χ0) is 24.0. The number of carbonyl (C=O) groups excluding carboxylic acids is 1. The molecule has 10 heteroatoms. The molecule has 0 aliphatic carbocycles. The van der Waals surface area contributed by atoms with Gasteiger partial charge in [0.25, 0.3) is 0 Å². The number of aryl methyl sites for hydroxylation is 1. The van der Waals surface area contributed by atoms with Crippen LogP contribution in [0.4, 0.5) is 11.8 Å². The normalized spacial score (nSPS) is 22.2. The van der Waals surface area contributed by atoms with Crippen LogP contribution in [0.25, 0.3) is 0 Å². The minimum absolute atomic E-state index is 0.00528. The molecular weight excluding hydrogens is 495 g/mol. The SMILES string of the molecule is Cc1nc(N2CC3(CN(C(=O)[C@H]4CCCCN4)C3)C2)nc(N[C@H](C)c2ccc(Cl)cc2Cl)c1Cl. The Labute approximate surface area is 215 Å². The first-order valence-electron chi connectivity index (χ1n) is 11.8. The molecule has 34 heavy (non-hydrogen) atoms. The van der Waals surface area contributed by atoms with Gasteiger partial charge in [-0.3, -0.25) is 4.79 Å². The number of benzene rings is 1. The molecule has 3 aliphatic heterocycles. The number of nitrogens with zero attached hydrogens (tertiary/aromatic N) is 4. The minimum atomic E-state index is -0.119. The third kappa shape index (κ3) is 4.55. The van der Waals surface area contributed by atoms with Gasteiger partial charge < -0.3 is 20.4 Å². The van der Waals surface area contributed by atoms with Crippen molar-refractivity contribution in [2.75, 3.05) is 42.9 Å². The molecular formula is C24H29Cl3N6O. The van der Waals surface area contributed by atoms with Crippen LogP contribution in [0.5, 0.6) is 0 Å². The second-order valence-electron chi connectivity index (χ2n) is 9.86. The number of amides is 1. The van der Waals surface area contributed by atoms with Gasteiger partial charge in [-0.25, -0.2) is 4.98 Å². The first kappa shape index (κ1) is 23.9. The number of rotatable bonds is 5. The Morgan fingerprint density at radius 3 is 2.62 bits per heavy atom. The van der Waals surface area contributed by atoms with Crippen LogP contribution < -0.4 is 15.5 Å². The molecule has 1 aromatic heterocycles. The number of hydrogen-bond donors (Lipinski definition) is 2. The maximum Gasteiger partial charge on any atom is 0.239 e. The van der Waals surface area contributed by atoms with Crippen molar-refractivity contribution in [3.63, 3.8) is 0 Å². The van der Waals surface area contributed by atoms with E-state index in [0.717, 1.165) is 63.2 Å². The zero-order valence-corrected chi connectivity index (χ0v) is 21.6. The standard InChI is InChI=1S/C24H29Cl3N6O/c1-14(17-7-6-16(25)9-18(17)26)29-21-20(27)15(2)30-23(31-21)33-12-24(13-33)10-32(11-24)22(34)19-5-3-4-8-28-19/h6-7,9,14,19,28H,3-5,8,10-13H2,1-2H3,(H,29,30,31)/t14-,19-/m1/s1. The number of nitrogens with one attached hydrogen (secondary N) is 2. The van der Waals surface area contributed by atoms with Gasteiger partial charge in [-0.2, -0.15) is 4.98 Å². The Balaban J connectivity index is 1.22. The van der Waals surface area contributed by atoms with E-state index in [9.17, 15) is 4.79 Å². The number of likely N-dealkylation sites (tertiary alicyclic amines) is 1. The average molecular weight is 524 g/mol. The summed E-state index contributed by atoms with van der Waals surface area (Å²) >= 11 is 19.0. The van der Waals surface area contributed by atoms with Gasteiger partial charge in [0.15, 0.2) is 5.82 Å². The van der Waals surface area contributed by atoms with Crippen LogP contribution in [0.2, 0.25) is 15.1 Å². The first-order chi connectivity index (χ1) is 16.2. The highest BCUT2D eigenvalue weighted by atomic mass is 35.5. The van der Waals surface area contributed by atoms with E-state index in [4.69, 9.17) is 39.8 Å². The Morgan fingerprint density at radius 2 is 1.94 bits per heavy atom. The molecule has 1 spiro atoms. The molecule has 2 atom stereocenters. The summed E-state index contributed by atoms with van der Waals surface area (Å²) in [6.07, 6.45) is 3.23. The van der Waals surface area contributed by atoms with Crippen LogP contribution in [-0.2, 0) is 4.79 Å². The summed E-state index contributed by atoms with van der Waals surface area (Å²) in [6.45, 7) is 8.13. The lowest BCUT2D eigenvalue weighted by molar-refractivity contribution is -0.148. The Hall–Kier alpha value is -1.80. The third-order valence-electron chi connectivity index (χ3n) is 7.10. The molecule has 2 aromatic rings. The van der Waals surface area contributed by atoms with Crippen molar-refractivity contribution in [2.45, 2.75) is 45.2 Å². The van der Waals surface area contributed by atoms with E-state index < -0.39 is 0 Å². The second kappa shape index (κ2) is 9.34. The number of anilines is 2. The number of aromatic nitrogens is 2. The summed E-state index contributed by atoms with van der Waals surface area (Å²) in [4.78, 5) is 26.3. The predicted octanol–water partition coefficient (Wildman–Crippen LogP) is 4.71. The highest BCUT2D eigenvalue weighted by molar-refractivity contribution is 6.35. The van der Waals surface area contributed by atoms with E-state index in [2.05, 4.69) is 20.5 Å². The van der Waals surface area contributed by atoms with Gasteiger partial charge in [0.2, 0.25) is 11.9 Å². The summed E-state index contributed by atoms with van der Waals surface area (Å²) in [5.41, 5.74) is 1.78. The molecule has 182 valence electrons. The summed E-state index contributed by atoms with van der Waals surface area (Å²) in [5, 5.41) is 8.42. The summed E-state index contributed by atoms with van der Waals surface area (Å²) in [6, 6.07) is 5.32. The molecule has 4 heterocycles. The molecule has 3 fully saturated rings. The van der Waals surface area contributed by atoms with Crippen LogP contribution >= 0.6 is 34.8 Å². The average Bonchev–Trinajstić information content (AvgIpc) is 2.75. The molecule has 0 unspecified atom stereocenters. The number of piperidine rings is 1. The van der Waals surface area contributed by atoms with Crippen LogP contribution in [-0.4, -0.2) is 59.5 Å². The zero-order valence-electron chi connectivity index (χ0n) is 19.4. The van der Waals surface area contributed by atoms with E-state index in [1.54, 1.807) is 6.07 Å². The molecule has 1 aromatic carbocycles.